The first-order valence-electron chi connectivity index (χ1n) is 5.32. The maximum Gasteiger partial charge on any atom is 0.352 e. The summed E-state index contributed by atoms with van der Waals surface area (Å²) < 4.78 is 27.9. The Morgan fingerprint density at radius 2 is 2.06 bits per heavy atom. The number of carbonyl (C=O) groups is 1. The average molecular weight is 251 g/mol. The Bertz CT molecular complexity index is 605. The standard InChI is InChI=1S/C13H11F2NO2/c1-8-5-6-16(12(8)13(17)18)7-9-3-2-4-10(14)11(9)15/h2-6H,7H2,1H3,(H,17,18). The van der Waals surface area contributed by atoms with E-state index in [4.69, 9.17) is 5.11 Å². The van der Waals surface area contributed by atoms with E-state index in [0.717, 1.165) is 6.07 Å². The van der Waals surface area contributed by atoms with Crippen molar-refractivity contribution in [1.82, 2.24) is 4.57 Å². The van der Waals surface area contributed by atoms with Gasteiger partial charge in [-0.1, -0.05) is 12.1 Å². The first-order valence-corrected chi connectivity index (χ1v) is 5.32. The summed E-state index contributed by atoms with van der Waals surface area (Å²) in [4.78, 5) is 11.1. The lowest BCUT2D eigenvalue weighted by atomic mass is 10.2. The lowest BCUT2D eigenvalue weighted by Gasteiger charge is -2.08. The van der Waals surface area contributed by atoms with Gasteiger partial charge in [0, 0.05) is 11.8 Å². The normalized spacial score (nSPS) is 10.6. The molecule has 1 aromatic heterocycles. The van der Waals surface area contributed by atoms with Crippen LogP contribution >= 0.6 is 0 Å². The van der Waals surface area contributed by atoms with Crippen LogP contribution < -0.4 is 0 Å². The molecular formula is C13H11F2NO2. The number of aryl methyl sites for hydroxylation is 1. The molecule has 2 rings (SSSR count). The molecule has 0 bridgehead atoms. The lowest BCUT2D eigenvalue weighted by Crippen LogP contribution is -2.11. The second kappa shape index (κ2) is 4.60. The van der Waals surface area contributed by atoms with Crippen LogP contribution in [0.5, 0.6) is 0 Å². The van der Waals surface area contributed by atoms with E-state index < -0.39 is 17.6 Å². The lowest BCUT2D eigenvalue weighted by molar-refractivity contribution is 0.0685. The van der Waals surface area contributed by atoms with Gasteiger partial charge >= 0.3 is 5.97 Å². The van der Waals surface area contributed by atoms with Crippen molar-refractivity contribution in [2.45, 2.75) is 13.5 Å². The van der Waals surface area contributed by atoms with E-state index in [1.807, 2.05) is 0 Å². The molecule has 0 aliphatic heterocycles. The molecule has 0 spiro atoms. The average Bonchev–Trinajstić information content (AvgIpc) is 2.66. The second-order valence-corrected chi connectivity index (χ2v) is 3.99. The topological polar surface area (TPSA) is 42.2 Å². The number of benzene rings is 1. The van der Waals surface area contributed by atoms with E-state index in [-0.39, 0.29) is 17.8 Å². The highest BCUT2D eigenvalue weighted by molar-refractivity contribution is 5.87. The number of nitrogens with zero attached hydrogens (tertiary/aromatic N) is 1. The molecule has 1 N–H and O–H groups in total. The summed E-state index contributed by atoms with van der Waals surface area (Å²) in [5, 5.41) is 9.05. The highest BCUT2D eigenvalue weighted by atomic mass is 19.2. The van der Waals surface area contributed by atoms with E-state index in [0.29, 0.717) is 5.56 Å². The molecule has 0 fully saturated rings. The van der Waals surface area contributed by atoms with Crippen molar-refractivity contribution < 1.29 is 18.7 Å². The molecule has 0 saturated carbocycles. The van der Waals surface area contributed by atoms with Crippen LogP contribution in [0.15, 0.2) is 30.5 Å². The van der Waals surface area contributed by atoms with Gasteiger partial charge in [0.05, 0.1) is 6.54 Å². The van der Waals surface area contributed by atoms with E-state index in [1.54, 1.807) is 19.2 Å². The largest absolute Gasteiger partial charge is 0.477 e. The Balaban J connectivity index is 2.41. The highest BCUT2D eigenvalue weighted by Crippen LogP contribution is 2.16. The molecule has 3 nitrogen and oxygen atoms in total. The fraction of sp³-hybridized carbons (Fsp3) is 0.154. The number of carboxylic acid groups (broad SMARTS) is 1. The second-order valence-electron chi connectivity index (χ2n) is 3.99. The Morgan fingerprint density at radius 1 is 1.33 bits per heavy atom. The van der Waals surface area contributed by atoms with Gasteiger partial charge in [0.1, 0.15) is 5.69 Å². The summed E-state index contributed by atoms with van der Waals surface area (Å²) in [6.45, 7) is 1.64. The summed E-state index contributed by atoms with van der Waals surface area (Å²) in [6, 6.07) is 5.47. The Labute approximate surface area is 102 Å². The molecular weight excluding hydrogens is 240 g/mol. The van der Waals surface area contributed by atoms with Gasteiger partial charge in [-0.15, -0.1) is 0 Å². The monoisotopic (exact) mass is 251 g/mol. The van der Waals surface area contributed by atoms with Crippen molar-refractivity contribution in [3.05, 3.63) is 58.9 Å². The molecule has 5 heteroatoms. The Morgan fingerprint density at radius 3 is 2.72 bits per heavy atom. The first-order chi connectivity index (χ1) is 8.50. The van der Waals surface area contributed by atoms with Gasteiger partial charge < -0.3 is 9.67 Å². The maximum atomic E-state index is 13.5. The smallest absolute Gasteiger partial charge is 0.352 e. The quantitative estimate of drug-likeness (QED) is 0.911. The van der Waals surface area contributed by atoms with Gasteiger partial charge in [-0.05, 0) is 24.6 Å². The summed E-state index contributed by atoms with van der Waals surface area (Å²) in [7, 11) is 0. The molecule has 0 aliphatic rings. The summed E-state index contributed by atoms with van der Waals surface area (Å²) >= 11 is 0. The fourth-order valence-electron chi connectivity index (χ4n) is 1.86. The number of hydrogen-bond donors (Lipinski definition) is 1. The molecule has 0 radical (unpaired) electrons. The number of halogens is 2. The maximum absolute atomic E-state index is 13.5. The molecule has 1 aromatic carbocycles. The van der Waals surface area contributed by atoms with E-state index in [2.05, 4.69) is 0 Å². The summed E-state index contributed by atoms with van der Waals surface area (Å²) in [5.41, 5.74) is 0.783. The van der Waals surface area contributed by atoms with Gasteiger partial charge in [-0.2, -0.15) is 0 Å². The zero-order valence-corrected chi connectivity index (χ0v) is 9.65. The van der Waals surface area contributed by atoms with Gasteiger partial charge in [0.25, 0.3) is 0 Å². The third-order valence-corrected chi connectivity index (χ3v) is 2.74. The molecule has 0 aliphatic carbocycles. The number of aromatic carboxylic acids is 1. The predicted octanol–water partition coefficient (Wildman–Crippen LogP) is 2.82. The van der Waals surface area contributed by atoms with E-state index in [1.165, 1.54) is 16.7 Å². The van der Waals surface area contributed by atoms with E-state index in [9.17, 15) is 13.6 Å². The zero-order chi connectivity index (χ0) is 13.3. The van der Waals surface area contributed by atoms with Gasteiger partial charge in [-0.25, -0.2) is 13.6 Å². The Kier molecular flexibility index (Phi) is 3.14. The molecule has 1 heterocycles. The minimum Gasteiger partial charge on any atom is -0.477 e. The Hall–Kier alpha value is -2.17. The molecule has 0 amide bonds. The molecule has 94 valence electrons. The van der Waals surface area contributed by atoms with Crippen LogP contribution in [0.3, 0.4) is 0 Å². The van der Waals surface area contributed by atoms with Crippen LogP contribution in [0.1, 0.15) is 21.6 Å². The van der Waals surface area contributed by atoms with Crippen LogP contribution in [-0.4, -0.2) is 15.6 Å². The minimum atomic E-state index is -1.09. The molecule has 0 atom stereocenters. The van der Waals surface area contributed by atoms with Crippen LogP contribution in [0, 0.1) is 18.6 Å². The minimum absolute atomic E-state index is 0.0148. The summed E-state index contributed by atoms with van der Waals surface area (Å²) in [5.74, 6) is -2.97. The fourth-order valence-corrected chi connectivity index (χ4v) is 1.86. The van der Waals surface area contributed by atoms with Gasteiger partial charge in [-0.3, -0.25) is 0 Å². The number of aromatic nitrogens is 1. The van der Waals surface area contributed by atoms with Crippen molar-refractivity contribution in [2.75, 3.05) is 0 Å². The van der Waals surface area contributed by atoms with Crippen LogP contribution in [-0.2, 0) is 6.54 Å². The zero-order valence-electron chi connectivity index (χ0n) is 9.65. The van der Waals surface area contributed by atoms with Crippen molar-refractivity contribution in [3.8, 4) is 0 Å². The first kappa shape index (κ1) is 12.3. The van der Waals surface area contributed by atoms with Crippen LogP contribution in [0.2, 0.25) is 0 Å². The van der Waals surface area contributed by atoms with Gasteiger partial charge in [0.2, 0.25) is 0 Å². The van der Waals surface area contributed by atoms with Crippen molar-refractivity contribution in [2.24, 2.45) is 0 Å². The molecule has 18 heavy (non-hydrogen) atoms. The number of carboxylic acids is 1. The van der Waals surface area contributed by atoms with Crippen LogP contribution in [0.4, 0.5) is 8.78 Å². The third kappa shape index (κ3) is 2.11. The number of hydrogen-bond acceptors (Lipinski definition) is 1. The SMILES string of the molecule is Cc1ccn(Cc2cccc(F)c2F)c1C(=O)O. The van der Waals surface area contributed by atoms with Crippen LogP contribution in [0.25, 0.3) is 0 Å². The third-order valence-electron chi connectivity index (χ3n) is 2.74. The van der Waals surface area contributed by atoms with Crippen molar-refractivity contribution in [1.29, 1.82) is 0 Å². The molecule has 2 aromatic rings. The van der Waals surface area contributed by atoms with E-state index >= 15 is 0 Å². The molecule has 0 saturated heterocycles. The molecule has 0 unspecified atom stereocenters. The van der Waals surface area contributed by atoms with Crippen molar-refractivity contribution >= 4 is 5.97 Å². The predicted molar refractivity (Wildman–Crippen MR) is 61.6 cm³/mol. The number of rotatable bonds is 3. The highest BCUT2D eigenvalue weighted by Gasteiger charge is 2.15. The van der Waals surface area contributed by atoms with Gasteiger partial charge in [0.15, 0.2) is 11.6 Å². The van der Waals surface area contributed by atoms with Crippen molar-refractivity contribution in [3.63, 3.8) is 0 Å². The summed E-state index contributed by atoms with van der Waals surface area (Å²) in [6.07, 6.45) is 1.54.